The van der Waals surface area contributed by atoms with Gasteiger partial charge in [-0.2, -0.15) is 4.98 Å². The van der Waals surface area contributed by atoms with Crippen LogP contribution in [0.1, 0.15) is 41.8 Å². The van der Waals surface area contributed by atoms with Crippen molar-refractivity contribution in [3.8, 4) is 0 Å². The number of unbranched alkanes of at least 4 members (excludes halogenated alkanes) is 1. The molecule has 1 N–H and O–H groups in total. The van der Waals surface area contributed by atoms with Gasteiger partial charge >= 0.3 is 5.97 Å². The van der Waals surface area contributed by atoms with Crippen molar-refractivity contribution in [2.45, 2.75) is 36.8 Å². The molecule has 0 saturated carbocycles. The minimum Gasteiger partial charge on any atom is -0.478 e. The molecule has 112 valence electrons. The number of carbonyl (C=O) groups is 1. The molecule has 5 nitrogen and oxygen atoms in total. The second-order valence-electron chi connectivity index (χ2n) is 4.45. The fourth-order valence-corrected chi connectivity index (χ4v) is 2.48. The Morgan fingerprint density at radius 1 is 1.48 bits per heavy atom. The van der Waals surface area contributed by atoms with Gasteiger partial charge in [-0.15, -0.1) is 11.8 Å². The van der Waals surface area contributed by atoms with E-state index in [2.05, 4.69) is 17.1 Å². The molecule has 7 heteroatoms. The van der Waals surface area contributed by atoms with Crippen LogP contribution in [0.3, 0.4) is 0 Å². The fraction of sp³-hybridized carbons (Fsp3) is 0.357. The molecule has 0 aliphatic heterocycles. The Morgan fingerprint density at radius 3 is 3.00 bits per heavy atom. The molecule has 0 radical (unpaired) electrons. The second-order valence-corrected chi connectivity index (χ2v) is 5.46. The Hall–Kier alpha value is -1.89. The predicted octanol–water partition coefficient (Wildman–Crippen LogP) is 3.54. The first-order valence-electron chi connectivity index (χ1n) is 6.57. The van der Waals surface area contributed by atoms with Crippen LogP contribution in [0.2, 0.25) is 0 Å². The third kappa shape index (κ3) is 4.29. The summed E-state index contributed by atoms with van der Waals surface area (Å²) in [5.74, 6) is -0.190. The largest absolute Gasteiger partial charge is 0.478 e. The summed E-state index contributed by atoms with van der Waals surface area (Å²) in [4.78, 5) is 15.3. The summed E-state index contributed by atoms with van der Waals surface area (Å²) in [7, 11) is 0. The van der Waals surface area contributed by atoms with E-state index in [1.807, 2.05) is 0 Å². The van der Waals surface area contributed by atoms with Crippen LogP contribution in [0.5, 0.6) is 0 Å². The number of aromatic carboxylic acids is 1. The van der Waals surface area contributed by atoms with Crippen molar-refractivity contribution >= 4 is 17.7 Å². The van der Waals surface area contributed by atoms with Gasteiger partial charge in [0.25, 0.3) is 0 Å². The first kappa shape index (κ1) is 15.5. The van der Waals surface area contributed by atoms with Crippen molar-refractivity contribution in [3.05, 3.63) is 41.3 Å². The molecule has 0 amide bonds. The highest BCUT2D eigenvalue weighted by molar-refractivity contribution is 7.98. The van der Waals surface area contributed by atoms with Crippen LogP contribution in [-0.2, 0) is 12.2 Å². The summed E-state index contributed by atoms with van der Waals surface area (Å²) in [6.45, 7) is 2.08. The summed E-state index contributed by atoms with van der Waals surface area (Å²) in [5, 5.41) is 12.7. The van der Waals surface area contributed by atoms with E-state index >= 15 is 0 Å². The summed E-state index contributed by atoms with van der Waals surface area (Å²) in [5.41, 5.74) is 0.0491. The van der Waals surface area contributed by atoms with Crippen LogP contribution in [0.25, 0.3) is 0 Å². The molecular formula is C14H15FN2O3S. The Labute approximate surface area is 125 Å². The number of aromatic nitrogens is 2. The zero-order chi connectivity index (χ0) is 15.2. The molecule has 2 rings (SSSR count). The van der Waals surface area contributed by atoms with Crippen LogP contribution in [0.15, 0.2) is 27.6 Å². The van der Waals surface area contributed by atoms with E-state index in [4.69, 9.17) is 9.63 Å². The van der Waals surface area contributed by atoms with Gasteiger partial charge in [-0.25, -0.2) is 9.18 Å². The van der Waals surface area contributed by atoms with E-state index in [9.17, 15) is 9.18 Å². The van der Waals surface area contributed by atoms with E-state index in [1.54, 1.807) is 0 Å². The van der Waals surface area contributed by atoms with E-state index in [-0.39, 0.29) is 10.5 Å². The maximum atomic E-state index is 13.6. The third-order valence-corrected chi connectivity index (χ3v) is 3.81. The third-order valence-electron chi connectivity index (χ3n) is 2.79. The van der Waals surface area contributed by atoms with Gasteiger partial charge < -0.3 is 9.63 Å². The zero-order valence-corrected chi connectivity index (χ0v) is 12.3. The SMILES string of the molecule is CCCCc1noc(CSc2cc(C(=O)O)ccc2F)n1. The monoisotopic (exact) mass is 310 g/mol. The number of benzene rings is 1. The van der Waals surface area contributed by atoms with Gasteiger partial charge in [0.05, 0.1) is 11.3 Å². The number of halogens is 1. The first-order chi connectivity index (χ1) is 10.1. The Balaban J connectivity index is 2.00. The lowest BCUT2D eigenvalue weighted by Crippen LogP contribution is -1.97. The average Bonchev–Trinajstić information content (AvgIpc) is 2.92. The molecule has 2 aromatic rings. The van der Waals surface area contributed by atoms with Gasteiger partial charge in [0.15, 0.2) is 5.82 Å². The topological polar surface area (TPSA) is 76.2 Å². The van der Waals surface area contributed by atoms with Gasteiger partial charge in [-0.1, -0.05) is 18.5 Å². The number of hydrogen-bond acceptors (Lipinski definition) is 5. The number of rotatable bonds is 7. The summed E-state index contributed by atoms with van der Waals surface area (Å²) in [6, 6.07) is 3.68. The van der Waals surface area contributed by atoms with E-state index in [0.717, 1.165) is 37.1 Å². The summed E-state index contributed by atoms with van der Waals surface area (Å²) < 4.78 is 18.7. The fourth-order valence-electron chi connectivity index (χ4n) is 1.67. The number of thioether (sulfide) groups is 1. The van der Waals surface area contributed by atoms with Crippen molar-refractivity contribution in [2.75, 3.05) is 0 Å². The zero-order valence-electron chi connectivity index (χ0n) is 11.5. The molecular weight excluding hydrogens is 295 g/mol. The van der Waals surface area contributed by atoms with Gasteiger partial charge in [0.1, 0.15) is 5.82 Å². The quantitative estimate of drug-likeness (QED) is 0.788. The van der Waals surface area contributed by atoms with Crippen molar-refractivity contribution in [1.29, 1.82) is 0 Å². The number of carboxylic acid groups (broad SMARTS) is 1. The number of nitrogens with zero attached hydrogens (tertiary/aromatic N) is 2. The highest BCUT2D eigenvalue weighted by Crippen LogP contribution is 2.26. The Kier molecular flexibility index (Phi) is 5.32. The lowest BCUT2D eigenvalue weighted by Gasteiger charge is -2.02. The first-order valence-corrected chi connectivity index (χ1v) is 7.55. The van der Waals surface area contributed by atoms with E-state index < -0.39 is 11.8 Å². The van der Waals surface area contributed by atoms with Gasteiger partial charge in [-0.3, -0.25) is 0 Å². The maximum Gasteiger partial charge on any atom is 0.335 e. The molecule has 0 aliphatic carbocycles. The molecule has 0 bridgehead atoms. The Bertz CT molecular complexity index is 630. The highest BCUT2D eigenvalue weighted by atomic mass is 32.2. The molecule has 0 aliphatic rings. The normalized spacial score (nSPS) is 10.8. The van der Waals surface area contributed by atoms with Gasteiger partial charge in [0.2, 0.25) is 5.89 Å². The van der Waals surface area contributed by atoms with Crippen molar-refractivity contribution < 1.29 is 18.8 Å². The predicted molar refractivity (Wildman–Crippen MR) is 75.8 cm³/mol. The van der Waals surface area contributed by atoms with Crippen molar-refractivity contribution in [1.82, 2.24) is 10.1 Å². The van der Waals surface area contributed by atoms with Gasteiger partial charge in [-0.05, 0) is 24.6 Å². The number of carboxylic acids is 1. The molecule has 0 spiro atoms. The molecule has 0 atom stereocenters. The molecule has 1 heterocycles. The average molecular weight is 310 g/mol. The van der Waals surface area contributed by atoms with Crippen molar-refractivity contribution in [2.24, 2.45) is 0 Å². The van der Waals surface area contributed by atoms with E-state index in [0.29, 0.717) is 17.5 Å². The molecule has 1 aromatic heterocycles. The van der Waals surface area contributed by atoms with Crippen LogP contribution >= 0.6 is 11.8 Å². The lowest BCUT2D eigenvalue weighted by atomic mass is 10.2. The van der Waals surface area contributed by atoms with Crippen LogP contribution < -0.4 is 0 Å². The minimum absolute atomic E-state index is 0.0491. The van der Waals surface area contributed by atoms with Gasteiger partial charge in [0, 0.05) is 11.3 Å². The number of hydrogen-bond donors (Lipinski definition) is 1. The molecule has 0 fully saturated rings. The molecule has 21 heavy (non-hydrogen) atoms. The molecule has 0 saturated heterocycles. The summed E-state index contributed by atoms with van der Waals surface area (Å²) in [6.07, 6.45) is 2.79. The van der Waals surface area contributed by atoms with E-state index in [1.165, 1.54) is 12.1 Å². The molecule has 1 aromatic carbocycles. The van der Waals surface area contributed by atoms with Crippen LogP contribution in [0.4, 0.5) is 4.39 Å². The standard InChI is InChI=1S/C14H15FN2O3S/c1-2-3-4-12-16-13(20-17-12)8-21-11-7-9(14(18)19)5-6-10(11)15/h5-7H,2-4,8H2,1H3,(H,18,19). The summed E-state index contributed by atoms with van der Waals surface area (Å²) >= 11 is 1.13. The number of aryl methyl sites for hydroxylation is 1. The second kappa shape index (κ2) is 7.21. The smallest absolute Gasteiger partial charge is 0.335 e. The minimum atomic E-state index is -1.09. The lowest BCUT2D eigenvalue weighted by molar-refractivity contribution is 0.0696. The van der Waals surface area contributed by atoms with Crippen LogP contribution in [-0.4, -0.2) is 21.2 Å². The maximum absolute atomic E-state index is 13.6. The Morgan fingerprint density at radius 2 is 2.29 bits per heavy atom. The van der Waals surface area contributed by atoms with Crippen molar-refractivity contribution in [3.63, 3.8) is 0 Å². The van der Waals surface area contributed by atoms with Crippen LogP contribution in [0, 0.1) is 5.82 Å². The highest BCUT2D eigenvalue weighted by Gasteiger charge is 2.11. The molecule has 0 unspecified atom stereocenters.